The summed E-state index contributed by atoms with van der Waals surface area (Å²) in [6.07, 6.45) is 6.79. The summed E-state index contributed by atoms with van der Waals surface area (Å²) in [5, 5.41) is 3.87. The largest absolute Gasteiger partial charge is 0.311 e. The maximum absolute atomic E-state index is 3.87. The van der Waals surface area contributed by atoms with Gasteiger partial charge in [0.15, 0.2) is 0 Å². The van der Waals surface area contributed by atoms with E-state index in [0.717, 1.165) is 18.0 Å². The number of rotatable bonds is 3. The Labute approximate surface area is 111 Å². The quantitative estimate of drug-likeness (QED) is 0.842. The molecule has 0 heterocycles. The smallest absolute Gasteiger partial charge is 0.00813 e. The van der Waals surface area contributed by atoms with Gasteiger partial charge in [0.2, 0.25) is 0 Å². The third kappa shape index (κ3) is 2.61. The molecule has 1 N–H and O–H groups in total. The van der Waals surface area contributed by atoms with Crippen LogP contribution in [-0.2, 0) is 0 Å². The maximum atomic E-state index is 3.87. The van der Waals surface area contributed by atoms with E-state index in [9.17, 15) is 0 Å². The van der Waals surface area contributed by atoms with E-state index in [4.69, 9.17) is 0 Å². The third-order valence-corrected chi connectivity index (χ3v) is 4.85. The number of benzene rings is 1. The summed E-state index contributed by atoms with van der Waals surface area (Å²) >= 11 is 0. The summed E-state index contributed by atoms with van der Waals surface area (Å²) in [6, 6.07) is 12.5. The lowest BCUT2D eigenvalue weighted by Crippen LogP contribution is -2.44. The van der Waals surface area contributed by atoms with Crippen LogP contribution in [0.1, 0.15) is 57.4 Å². The molecule has 0 aromatic heterocycles. The minimum absolute atomic E-state index is 0.570. The Morgan fingerprint density at radius 2 is 1.78 bits per heavy atom. The van der Waals surface area contributed by atoms with Crippen LogP contribution in [0.3, 0.4) is 0 Å². The summed E-state index contributed by atoms with van der Waals surface area (Å²) in [5.74, 6) is 0.804. The summed E-state index contributed by atoms with van der Waals surface area (Å²) in [5.41, 5.74) is 2.10. The van der Waals surface area contributed by atoms with Crippen LogP contribution in [0.2, 0.25) is 0 Å². The molecule has 1 atom stereocenters. The molecular formula is C17H25N. The van der Waals surface area contributed by atoms with E-state index < -0.39 is 0 Å². The molecular weight excluding hydrogens is 218 g/mol. The topological polar surface area (TPSA) is 12.0 Å². The van der Waals surface area contributed by atoms with Crippen molar-refractivity contribution >= 4 is 0 Å². The molecule has 0 radical (unpaired) electrons. The summed E-state index contributed by atoms with van der Waals surface area (Å²) in [4.78, 5) is 0. The van der Waals surface area contributed by atoms with Gasteiger partial charge in [0.05, 0.1) is 0 Å². The van der Waals surface area contributed by atoms with Crippen molar-refractivity contribution in [2.45, 2.75) is 64.0 Å². The summed E-state index contributed by atoms with van der Waals surface area (Å²) < 4.78 is 0. The summed E-state index contributed by atoms with van der Waals surface area (Å²) in [7, 11) is 0. The van der Waals surface area contributed by atoms with Gasteiger partial charge in [-0.15, -0.1) is 0 Å². The third-order valence-electron chi connectivity index (χ3n) is 4.85. The molecule has 3 rings (SSSR count). The molecule has 1 aromatic carbocycles. The molecule has 0 amide bonds. The molecule has 2 saturated carbocycles. The zero-order valence-corrected chi connectivity index (χ0v) is 11.7. The van der Waals surface area contributed by atoms with Crippen molar-refractivity contribution in [2.24, 2.45) is 5.41 Å². The van der Waals surface area contributed by atoms with Gasteiger partial charge in [-0.25, -0.2) is 0 Å². The van der Waals surface area contributed by atoms with Crippen molar-refractivity contribution in [3.63, 3.8) is 0 Å². The van der Waals surface area contributed by atoms with Gasteiger partial charge in [0, 0.05) is 12.1 Å². The fraction of sp³-hybridized carbons (Fsp3) is 0.647. The molecule has 2 aliphatic rings. The number of hydrogen-bond donors (Lipinski definition) is 1. The molecule has 1 unspecified atom stereocenters. The van der Waals surface area contributed by atoms with E-state index in [1.807, 2.05) is 0 Å². The van der Waals surface area contributed by atoms with Crippen molar-refractivity contribution in [3.8, 4) is 0 Å². The Morgan fingerprint density at radius 1 is 1.06 bits per heavy atom. The second kappa shape index (κ2) is 4.70. The standard InChI is InChI=1S/C17H25N/c1-17(2)9-8-15(12-17)18-16-10-14(11-16)13-6-4-3-5-7-13/h3-7,14-16,18H,8-12H2,1-2H3. The molecule has 98 valence electrons. The Hall–Kier alpha value is -0.820. The van der Waals surface area contributed by atoms with Gasteiger partial charge < -0.3 is 5.32 Å². The van der Waals surface area contributed by atoms with Crippen LogP contribution in [0, 0.1) is 5.41 Å². The van der Waals surface area contributed by atoms with Crippen LogP contribution in [-0.4, -0.2) is 12.1 Å². The van der Waals surface area contributed by atoms with E-state index in [1.54, 1.807) is 0 Å². The highest BCUT2D eigenvalue weighted by molar-refractivity contribution is 5.22. The zero-order chi connectivity index (χ0) is 12.6. The van der Waals surface area contributed by atoms with Crippen molar-refractivity contribution in [3.05, 3.63) is 35.9 Å². The SMILES string of the molecule is CC1(C)CCC(NC2CC(c3ccccc3)C2)C1. The average Bonchev–Trinajstić information content (AvgIpc) is 2.64. The zero-order valence-electron chi connectivity index (χ0n) is 11.7. The Morgan fingerprint density at radius 3 is 2.39 bits per heavy atom. The Kier molecular flexibility index (Phi) is 3.19. The van der Waals surface area contributed by atoms with E-state index in [1.165, 1.54) is 37.7 Å². The molecule has 1 nitrogen and oxygen atoms in total. The molecule has 0 saturated heterocycles. The van der Waals surface area contributed by atoms with E-state index in [2.05, 4.69) is 49.5 Å². The van der Waals surface area contributed by atoms with Gasteiger partial charge in [0.1, 0.15) is 0 Å². The highest BCUT2D eigenvalue weighted by atomic mass is 15.0. The first-order valence-electron chi connectivity index (χ1n) is 7.43. The van der Waals surface area contributed by atoms with Gasteiger partial charge >= 0.3 is 0 Å². The van der Waals surface area contributed by atoms with Gasteiger partial charge in [-0.05, 0) is 49.0 Å². The fourth-order valence-electron chi connectivity index (χ4n) is 3.66. The lowest BCUT2D eigenvalue weighted by molar-refractivity contribution is 0.256. The predicted molar refractivity (Wildman–Crippen MR) is 76.8 cm³/mol. The van der Waals surface area contributed by atoms with Crippen molar-refractivity contribution in [1.82, 2.24) is 5.32 Å². The van der Waals surface area contributed by atoms with Crippen molar-refractivity contribution in [2.75, 3.05) is 0 Å². The normalized spacial score (nSPS) is 34.2. The maximum Gasteiger partial charge on any atom is 0.00813 e. The van der Waals surface area contributed by atoms with Gasteiger partial charge in [-0.1, -0.05) is 44.2 Å². The van der Waals surface area contributed by atoms with E-state index in [-0.39, 0.29) is 0 Å². The van der Waals surface area contributed by atoms with Gasteiger partial charge in [-0.2, -0.15) is 0 Å². The van der Waals surface area contributed by atoms with Crippen LogP contribution in [0.5, 0.6) is 0 Å². The van der Waals surface area contributed by atoms with Gasteiger partial charge in [0.25, 0.3) is 0 Å². The lowest BCUT2D eigenvalue weighted by Gasteiger charge is -2.38. The first-order valence-corrected chi connectivity index (χ1v) is 7.43. The molecule has 2 fully saturated rings. The fourth-order valence-corrected chi connectivity index (χ4v) is 3.66. The average molecular weight is 243 g/mol. The van der Waals surface area contributed by atoms with Crippen LogP contribution < -0.4 is 5.32 Å². The van der Waals surface area contributed by atoms with Crippen LogP contribution in [0.15, 0.2) is 30.3 Å². The number of nitrogens with one attached hydrogen (secondary N) is 1. The molecule has 0 spiro atoms. The molecule has 0 aliphatic heterocycles. The molecule has 18 heavy (non-hydrogen) atoms. The van der Waals surface area contributed by atoms with Crippen molar-refractivity contribution < 1.29 is 0 Å². The van der Waals surface area contributed by atoms with Crippen molar-refractivity contribution in [1.29, 1.82) is 0 Å². The Balaban J connectivity index is 1.46. The second-order valence-corrected chi connectivity index (χ2v) is 7.05. The predicted octanol–water partition coefficient (Wildman–Crippen LogP) is 4.10. The molecule has 1 heteroatoms. The Bertz CT molecular complexity index is 389. The second-order valence-electron chi connectivity index (χ2n) is 7.05. The minimum atomic E-state index is 0.570. The van der Waals surface area contributed by atoms with Crippen LogP contribution >= 0.6 is 0 Å². The molecule has 0 bridgehead atoms. The highest BCUT2D eigenvalue weighted by Crippen LogP contribution is 2.41. The monoisotopic (exact) mass is 243 g/mol. The van der Waals surface area contributed by atoms with E-state index in [0.29, 0.717) is 5.41 Å². The van der Waals surface area contributed by atoms with Crippen LogP contribution in [0.25, 0.3) is 0 Å². The highest BCUT2D eigenvalue weighted by Gasteiger charge is 2.36. The van der Waals surface area contributed by atoms with Crippen LogP contribution in [0.4, 0.5) is 0 Å². The first-order chi connectivity index (χ1) is 8.62. The molecule has 1 aromatic rings. The lowest BCUT2D eigenvalue weighted by atomic mass is 9.75. The van der Waals surface area contributed by atoms with E-state index >= 15 is 0 Å². The molecule has 2 aliphatic carbocycles. The first kappa shape index (κ1) is 12.2. The summed E-state index contributed by atoms with van der Waals surface area (Å²) in [6.45, 7) is 4.81. The number of hydrogen-bond acceptors (Lipinski definition) is 1. The van der Waals surface area contributed by atoms with Gasteiger partial charge in [-0.3, -0.25) is 0 Å². The minimum Gasteiger partial charge on any atom is -0.311 e.